The molecule has 2 aromatic carbocycles. The van der Waals surface area contributed by atoms with Gasteiger partial charge in [0.25, 0.3) is 11.6 Å². The highest BCUT2D eigenvalue weighted by Crippen LogP contribution is 2.23. The molecule has 0 unspecified atom stereocenters. The molecule has 140 valence electrons. The van der Waals surface area contributed by atoms with E-state index in [0.29, 0.717) is 13.1 Å². The zero-order chi connectivity index (χ0) is 19.4. The predicted molar refractivity (Wildman–Crippen MR) is 101 cm³/mol. The average molecular weight is 389 g/mol. The first-order valence-electron chi connectivity index (χ1n) is 8.27. The van der Waals surface area contributed by atoms with Crippen molar-refractivity contribution in [2.75, 3.05) is 24.5 Å². The van der Waals surface area contributed by atoms with Crippen LogP contribution < -0.4 is 15.5 Å². The van der Waals surface area contributed by atoms with Crippen LogP contribution in [0.15, 0.2) is 42.5 Å². The molecule has 2 N–H and O–H groups in total. The summed E-state index contributed by atoms with van der Waals surface area (Å²) in [5.41, 5.74) is 1.39. The second kappa shape index (κ2) is 8.05. The van der Waals surface area contributed by atoms with E-state index in [1.807, 2.05) is 29.2 Å². The average Bonchev–Trinajstić information content (AvgIpc) is 2.66. The lowest BCUT2D eigenvalue weighted by Crippen LogP contribution is -2.47. The SMILES string of the molecule is O=C1CN(c2ccc(CNC(=O)c3ccc(Cl)cc3[N+](=O)[O-])cc2)CCN1. The molecule has 1 saturated heterocycles. The van der Waals surface area contributed by atoms with Crippen LogP contribution in [0.3, 0.4) is 0 Å². The van der Waals surface area contributed by atoms with Crippen LogP contribution in [0, 0.1) is 10.1 Å². The number of hydrogen-bond donors (Lipinski definition) is 2. The summed E-state index contributed by atoms with van der Waals surface area (Å²) in [6.45, 7) is 1.88. The number of carbonyl (C=O) groups is 2. The van der Waals surface area contributed by atoms with Gasteiger partial charge in [-0.05, 0) is 29.8 Å². The molecule has 0 atom stereocenters. The molecule has 9 heteroatoms. The first kappa shape index (κ1) is 18.7. The van der Waals surface area contributed by atoms with E-state index >= 15 is 0 Å². The van der Waals surface area contributed by atoms with Crippen molar-refractivity contribution in [1.29, 1.82) is 0 Å². The normalized spacial score (nSPS) is 13.8. The van der Waals surface area contributed by atoms with Crippen LogP contribution >= 0.6 is 11.6 Å². The predicted octanol–water partition coefficient (Wildman–Crippen LogP) is 2.11. The fourth-order valence-electron chi connectivity index (χ4n) is 2.81. The Morgan fingerprint density at radius 2 is 2.00 bits per heavy atom. The summed E-state index contributed by atoms with van der Waals surface area (Å²) in [7, 11) is 0. The monoisotopic (exact) mass is 388 g/mol. The number of nitrogens with one attached hydrogen (secondary N) is 2. The molecule has 0 aromatic heterocycles. The van der Waals surface area contributed by atoms with Gasteiger partial charge < -0.3 is 15.5 Å². The fraction of sp³-hybridized carbons (Fsp3) is 0.222. The Bertz CT molecular complexity index is 885. The summed E-state index contributed by atoms with van der Waals surface area (Å²) in [5, 5.41) is 16.7. The number of nitrogens with zero attached hydrogens (tertiary/aromatic N) is 2. The fourth-order valence-corrected chi connectivity index (χ4v) is 2.98. The zero-order valence-electron chi connectivity index (χ0n) is 14.3. The van der Waals surface area contributed by atoms with Crippen molar-refractivity contribution >= 4 is 34.8 Å². The number of benzene rings is 2. The Kier molecular flexibility index (Phi) is 5.56. The van der Waals surface area contributed by atoms with Gasteiger partial charge in [0.2, 0.25) is 5.91 Å². The summed E-state index contributed by atoms with van der Waals surface area (Å²) in [5.74, 6) is -0.558. The van der Waals surface area contributed by atoms with Gasteiger partial charge in [0.15, 0.2) is 0 Å². The van der Waals surface area contributed by atoms with Crippen molar-refractivity contribution in [1.82, 2.24) is 10.6 Å². The third-order valence-corrected chi connectivity index (χ3v) is 4.43. The molecule has 1 aliphatic heterocycles. The minimum atomic E-state index is -0.635. The molecule has 1 fully saturated rings. The van der Waals surface area contributed by atoms with Gasteiger partial charge >= 0.3 is 0 Å². The minimum Gasteiger partial charge on any atom is -0.360 e. The number of carbonyl (C=O) groups excluding carboxylic acids is 2. The van der Waals surface area contributed by atoms with Crippen molar-refractivity contribution in [3.8, 4) is 0 Å². The number of rotatable bonds is 5. The van der Waals surface area contributed by atoms with Gasteiger partial charge in [-0.15, -0.1) is 0 Å². The van der Waals surface area contributed by atoms with E-state index in [9.17, 15) is 19.7 Å². The van der Waals surface area contributed by atoms with E-state index in [1.165, 1.54) is 12.1 Å². The maximum Gasteiger partial charge on any atom is 0.283 e. The highest BCUT2D eigenvalue weighted by atomic mass is 35.5. The molecule has 8 nitrogen and oxygen atoms in total. The van der Waals surface area contributed by atoms with Gasteiger partial charge in [-0.1, -0.05) is 23.7 Å². The van der Waals surface area contributed by atoms with E-state index in [0.717, 1.165) is 23.9 Å². The molecule has 2 aromatic rings. The molecule has 0 aliphatic carbocycles. The smallest absolute Gasteiger partial charge is 0.283 e. The summed E-state index contributed by atoms with van der Waals surface area (Å²) in [4.78, 5) is 36.2. The van der Waals surface area contributed by atoms with Crippen molar-refractivity contribution in [2.24, 2.45) is 0 Å². The van der Waals surface area contributed by atoms with E-state index in [1.54, 1.807) is 0 Å². The number of hydrogen-bond acceptors (Lipinski definition) is 5. The third kappa shape index (κ3) is 4.53. The molecule has 3 rings (SSSR count). The van der Waals surface area contributed by atoms with Crippen LogP contribution in [0.2, 0.25) is 5.02 Å². The number of anilines is 1. The molecular formula is C18H17ClN4O4. The molecule has 0 spiro atoms. The summed E-state index contributed by atoms with van der Waals surface area (Å²) >= 11 is 5.76. The van der Waals surface area contributed by atoms with Crippen molar-refractivity contribution in [3.63, 3.8) is 0 Å². The first-order chi connectivity index (χ1) is 12.9. The van der Waals surface area contributed by atoms with Crippen molar-refractivity contribution in [2.45, 2.75) is 6.54 Å². The highest BCUT2D eigenvalue weighted by molar-refractivity contribution is 6.31. The van der Waals surface area contributed by atoms with E-state index in [4.69, 9.17) is 11.6 Å². The van der Waals surface area contributed by atoms with Crippen LogP contribution in [-0.2, 0) is 11.3 Å². The Hall–Kier alpha value is -3.13. The maximum atomic E-state index is 12.3. The molecule has 0 saturated carbocycles. The van der Waals surface area contributed by atoms with Crippen LogP contribution in [0.1, 0.15) is 15.9 Å². The lowest BCUT2D eigenvalue weighted by atomic mass is 10.1. The second-order valence-electron chi connectivity index (χ2n) is 6.04. The van der Waals surface area contributed by atoms with Crippen LogP contribution in [0.25, 0.3) is 0 Å². The maximum absolute atomic E-state index is 12.3. The Morgan fingerprint density at radius 1 is 1.26 bits per heavy atom. The lowest BCUT2D eigenvalue weighted by Gasteiger charge is -2.28. The van der Waals surface area contributed by atoms with Gasteiger partial charge in [-0.25, -0.2) is 0 Å². The molecule has 0 radical (unpaired) electrons. The van der Waals surface area contributed by atoms with E-state index in [-0.39, 0.29) is 28.7 Å². The largest absolute Gasteiger partial charge is 0.360 e. The zero-order valence-corrected chi connectivity index (χ0v) is 15.0. The second-order valence-corrected chi connectivity index (χ2v) is 6.48. The molecule has 2 amide bonds. The van der Waals surface area contributed by atoms with Crippen LogP contribution in [-0.4, -0.2) is 36.4 Å². The van der Waals surface area contributed by atoms with Crippen LogP contribution in [0.5, 0.6) is 0 Å². The summed E-state index contributed by atoms with van der Waals surface area (Å²) < 4.78 is 0. The van der Waals surface area contributed by atoms with Gasteiger partial charge in [0.05, 0.1) is 11.5 Å². The quantitative estimate of drug-likeness (QED) is 0.603. The number of halogens is 1. The van der Waals surface area contributed by atoms with Crippen molar-refractivity contribution in [3.05, 3.63) is 68.7 Å². The molecule has 0 bridgehead atoms. The van der Waals surface area contributed by atoms with Gasteiger partial charge in [0, 0.05) is 36.4 Å². The lowest BCUT2D eigenvalue weighted by molar-refractivity contribution is -0.385. The Balaban J connectivity index is 1.64. The number of nitro groups is 1. The van der Waals surface area contributed by atoms with Gasteiger partial charge in [-0.2, -0.15) is 0 Å². The van der Waals surface area contributed by atoms with Crippen LogP contribution in [0.4, 0.5) is 11.4 Å². The molecule has 1 heterocycles. The standard InChI is InChI=1S/C18H17ClN4O4/c19-13-3-6-15(16(9-13)23(26)27)18(25)21-10-12-1-4-14(5-2-12)22-8-7-20-17(24)11-22/h1-6,9H,7-8,10-11H2,(H,20,24)(H,21,25). The molecule has 27 heavy (non-hydrogen) atoms. The molecular weight excluding hydrogens is 372 g/mol. The van der Waals surface area contributed by atoms with Crippen molar-refractivity contribution < 1.29 is 14.5 Å². The summed E-state index contributed by atoms with van der Waals surface area (Å²) in [6.07, 6.45) is 0. The minimum absolute atomic E-state index is 0.0119. The summed E-state index contributed by atoms with van der Waals surface area (Å²) in [6, 6.07) is 11.4. The Labute approximate surface area is 160 Å². The Morgan fingerprint density at radius 3 is 2.67 bits per heavy atom. The first-order valence-corrected chi connectivity index (χ1v) is 8.64. The number of piperazine rings is 1. The van der Waals surface area contributed by atoms with Gasteiger partial charge in [0.1, 0.15) is 5.56 Å². The number of nitro benzene ring substituents is 1. The van der Waals surface area contributed by atoms with E-state index in [2.05, 4.69) is 10.6 Å². The highest BCUT2D eigenvalue weighted by Gasteiger charge is 2.20. The third-order valence-electron chi connectivity index (χ3n) is 4.19. The number of amides is 2. The van der Waals surface area contributed by atoms with Gasteiger partial charge in [-0.3, -0.25) is 19.7 Å². The van der Waals surface area contributed by atoms with E-state index < -0.39 is 10.8 Å². The topological polar surface area (TPSA) is 105 Å². The molecule has 1 aliphatic rings.